The lowest BCUT2D eigenvalue weighted by Crippen LogP contribution is -2.29. The minimum atomic E-state index is -0.310. The van der Waals surface area contributed by atoms with E-state index in [1.807, 2.05) is 38.1 Å². The van der Waals surface area contributed by atoms with Crippen LogP contribution in [0.15, 0.2) is 35.1 Å². The van der Waals surface area contributed by atoms with Crippen molar-refractivity contribution in [1.29, 1.82) is 0 Å². The Kier molecular flexibility index (Phi) is 4.91. The van der Waals surface area contributed by atoms with Crippen molar-refractivity contribution in [2.45, 2.75) is 40.7 Å². The number of aromatic nitrogens is 2. The average Bonchev–Trinajstić information content (AvgIpc) is 2.48. The van der Waals surface area contributed by atoms with E-state index in [-0.39, 0.29) is 22.8 Å². The van der Waals surface area contributed by atoms with E-state index < -0.39 is 0 Å². The number of hydrogen-bond donors (Lipinski definition) is 0. The summed E-state index contributed by atoms with van der Waals surface area (Å²) < 4.78 is 1.41. The van der Waals surface area contributed by atoms with Crippen molar-refractivity contribution in [2.24, 2.45) is 5.92 Å². The third kappa shape index (κ3) is 3.50. The largest absolute Gasteiger partial charge is 0.294 e. The highest BCUT2D eigenvalue weighted by molar-refractivity contribution is 5.94. The van der Waals surface area contributed by atoms with Gasteiger partial charge in [0.15, 0.2) is 5.78 Å². The molecule has 0 aliphatic heterocycles. The minimum absolute atomic E-state index is 0.199. The van der Waals surface area contributed by atoms with Crippen LogP contribution in [0.2, 0.25) is 0 Å². The number of benzene rings is 1. The van der Waals surface area contributed by atoms with Crippen molar-refractivity contribution >= 4 is 5.78 Å². The highest BCUT2D eigenvalue weighted by Crippen LogP contribution is 2.18. The molecular weight excluding hydrogens is 276 g/mol. The summed E-state index contributed by atoms with van der Waals surface area (Å²) in [5.74, 6) is 0.0547. The molecule has 0 radical (unpaired) electrons. The molecule has 0 atom stereocenters. The first-order valence-corrected chi connectivity index (χ1v) is 7.64. The van der Waals surface area contributed by atoms with Gasteiger partial charge in [-0.05, 0) is 30.9 Å². The SMILES string of the molecule is CCc1ccc(-c2cc(C(C)=O)c(=O)n(CC(C)C)n2)cc1. The van der Waals surface area contributed by atoms with Gasteiger partial charge >= 0.3 is 0 Å². The van der Waals surface area contributed by atoms with Crippen molar-refractivity contribution in [2.75, 3.05) is 0 Å². The van der Waals surface area contributed by atoms with Gasteiger partial charge in [0.25, 0.3) is 5.56 Å². The van der Waals surface area contributed by atoms with Crippen LogP contribution in [0, 0.1) is 5.92 Å². The quantitative estimate of drug-likeness (QED) is 0.796. The molecule has 0 bridgehead atoms. The van der Waals surface area contributed by atoms with E-state index in [2.05, 4.69) is 12.0 Å². The fourth-order valence-electron chi connectivity index (χ4n) is 2.32. The lowest BCUT2D eigenvalue weighted by Gasteiger charge is -2.11. The van der Waals surface area contributed by atoms with Crippen LogP contribution in [0.25, 0.3) is 11.3 Å². The first kappa shape index (κ1) is 16.1. The Morgan fingerprint density at radius 3 is 2.36 bits per heavy atom. The summed E-state index contributed by atoms with van der Waals surface area (Å²) in [6, 6.07) is 9.65. The van der Waals surface area contributed by atoms with Gasteiger partial charge in [0, 0.05) is 12.1 Å². The summed E-state index contributed by atoms with van der Waals surface area (Å²) >= 11 is 0. The van der Waals surface area contributed by atoms with Gasteiger partial charge in [-0.1, -0.05) is 45.0 Å². The number of aryl methyl sites for hydroxylation is 1. The zero-order valence-corrected chi connectivity index (χ0v) is 13.6. The molecule has 0 aliphatic rings. The molecular formula is C18H22N2O2. The Balaban J connectivity index is 2.57. The van der Waals surface area contributed by atoms with Crippen LogP contribution >= 0.6 is 0 Å². The first-order chi connectivity index (χ1) is 10.4. The zero-order chi connectivity index (χ0) is 16.3. The molecule has 4 nitrogen and oxygen atoms in total. The van der Waals surface area contributed by atoms with Crippen LogP contribution < -0.4 is 5.56 Å². The summed E-state index contributed by atoms with van der Waals surface area (Å²) in [6.45, 7) is 8.05. The standard InChI is InChI=1S/C18H22N2O2/c1-5-14-6-8-15(9-7-14)17-10-16(13(4)21)18(22)20(19-17)11-12(2)3/h6-10,12H,5,11H2,1-4H3. The molecule has 0 unspecified atom stereocenters. The summed E-state index contributed by atoms with van der Waals surface area (Å²) in [5.41, 5.74) is 2.71. The second-order valence-electron chi connectivity index (χ2n) is 5.93. The van der Waals surface area contributed by atoms with E-state index >= 15 is 0 Å². The second kappa shape index (κ2) is 6.69. The second-order valence-corrected chi connectivity index (χ2v) is 5.93. The van der Waals surface area contributed by atoms with Crippen LogP contribution in [0.1, 0.15) is 43.6 Å². The average molecular weight is 298 g/mol. The molecule has 0 fully saturated rings. The fraction of sp³-hybridized carbons (Fsp3) is 0.389. The number of carbonyl (C=O) groups excluding carboxylic acids is 1. The molecule has 22 heavy (non-hydrogen) atoms. The van der Waals surface area contributed by atoms with Crippen LogP contribution in [-0.4, -0.2) is 15.6 Å². The molecule has 0 N–H and O–H groups in total. The van der Waals surface area contributed by atoms with E-state index in [1.165, 1.54) is 17.2 Å². The van der Waals surface area contributed by atoms with Gasteiger partial charge in [0.1, 0.15) is 0 Å². The van der Waals surface area contributed by atoms with E-state index in [0.29, 0.717) is 12.2 Å². The van der Waals surface area contributed by atoms with Crippen LogP contribution in [0.4, 0.5) is 0 Å². The van der Waals surface area contributed by atoms with Gasteiger partial charge in [-0.3, -0.25) is 9.59 Å². The van der Waals surface area contributed by atoms with Gasteiger partial charge in [-0.25, -0.2) is 4.68 Å². The van der Waals surface area contributed by atoms with E-state index in [4.69, 9.17) is 0 Å². The zero-order valence-electron chi connectivity index (χ0n) is 13.6. The number of Topliss-reactive ketones (excluding diaryl/α,β-unsaturated/α-hetero) is 1. The molecule has 1 aromatic carbocycles. The van der Waals surface area contributed by atoms with Crippen molar-refractivity contribution in [3.05, 3.63) is 51.8 Å². The summed E-state index contributed by atoms with van der Waals surface area (Å²) in [6.07, 6.45) is 0.971. The fourth-order valence-corrected chi connectivity index (χ4v) is 2.32. The van der Waals surface area contributed by atoms with Crippen molar-refractivity contribution in [3.8, 4) is 11.3 Å². The number of nitrogens with zero attached hydrogens (tertiary/aromatic N) is 2. The molecule has 116 valence electrons. The Labute approximate surface area is 130 Å². The monoisotopic (exact) mass is 298 g/mol. The normalized spacial score (nSPS) is 11.0. The van der Waals surface area contributed by atoms with Crippen LogP contribution in [0.3, 0.4) is 0 Å². The van der Waals surface area contributed by atoms with E-state index in [0.717, 1.165) is 12.0 Å². The highest BCUT2D eigenvalue weighted by Gasteiger charge is 2.14. The summed E-state index contributed by atoms with van der Waals surface area (Å²) in [7, 11) is 0. The molecule has 1 heterocycles. The van der Waals surface area contributed by atoms with Crippen molar-refractivity contribution < 1.29 is 4.79 Å². The smallest absolute Gasteiger partial charge is 0.277 e. The van der Waals surface area contributed by atoms with Crippen molar-refractivity contribution in [3.63, 3.8) is 0 Å². The predicted octanol–water partition coefficient (Wildman–Crippen LogP) is 3.33. The van der Waals surface area contributed by atoms with E-state index in [9.17, 15) is 9.59 Å². The van der Waals surface area contributed by atoms with Gasteiger partial charge < -0.3 is 0 Å². The van der Waals surface area contributed by atoms with Gasteiger partial charge in [-0.15, -0.1) is 0 Å². The Morgan fingerprint density at radius 2 is 1.86 bits per heavy atom. The maximum absolute atomic E-state index is 12.3. The number of ketones is 1. The van der Waals surface area contributed by atoms with Crippen LogP contribution in [-0.2, 0) is 13.0 Å². The summed E-state index contributed by atoms with van der Waals surface area (Å²) in [5, 5.41) is 4.43. The number of rotatable bonds is 5. The lowest BCUT2D eigenvalue weighted by atomic mass is 10.1. The molecule has 2 rings (SSSR count). The van der Waals surface area contributed by atoms with Crippen molar-refractivity contribution in [1.82, 2.24) is 9.78 Å². The maximum Gasteiger partial charge on any atom is 0.277 e. The first-order valence-electron chi connectivity index (χ1n) is 7.64. The van der Waals surface area contributed by atoms with Gasteiger partial charge in [0.05, 0.1) is 11.3 Å². The lowest BCUT2D eigenvalue weighted by molar-refractivity contribution is 0.101. The molecule has 4 heteroatoms. The molecule has 0 saturated carbocycles. The predicted molar refractivity (Wildman–Crippen MR) is 88.2 cm³/mol. The Hall–Kier alpha value is -2.23. The third-order valence-corrected chi connectivity index (χ3v) is 3.55. The minimum Gasteiger partial charge on any atom is -0.294 e. The summed E-state index contributed by atoms with van der Waals surface area (Å²) in [4.78, 5) is 24.1. The number of carbonyl (C=O) groups is 1. The molecule has 0 spiro atoms. The highest BCUT2D eigenvalue weighted by atomic mass is 16.1. The molecule has 1 aromatic heterocycles. The molecule has 0 aliphatic carbocycles. The van der Waals surface area contributed by atoms with Gasteiger partial charge in [0.2, 0.25) is 0 Å². The van der Waals surface area contributed by atoms with Gasteiger partial charge in [-0.2, -0.15) is 5.10 Å². The van der Waals surface area contributed by atoms with E-state index in [1.54, 1.807) is 6.07 Å². The maximum atomic E-state index is 12.3. The molecule has 2 aromatic rings. The molecule has 0 saturated heterocycles. The Morgan fingerprint density at radius 1 is 1.23 bits per heavy atom. The molecule has 0 amide bonds. The topological polar surface area (TPSA) is 52.0 Å². The van der Waals surface area contributed by atoms with Crippen LogP contribution in [0.5, 0.6) is 0 Å². The Bertz CT molecular complexity index is 728. The number of hydrogen-bond acceptors (Lipinski definition) is 3. The third-order valence-electron chi connectivity index (χ3n) is 3.55.